The van der Waals surface area contributed by atoms with Crippen LogP contribution in [0.2, 0.25) is 0 Å². The molecule has 0 N–H and O–H groups in total. The largest absolute Gasteiger partial charge is 0.416 e. The molecule has 1 atom stereocenters. The number of hydrogen-bond donors (Lipinski definition) is 0. The number of benzene rings is 2. The van der Waals surface area contributed by atoms with Crippen molar-refractivity contribution in [2.45, 2.75) is 52.4 Å². The average Bonchev–Trinajstić information content (AvgIpc) is 3.00. The number of alkyl halides is 3. The van der Waals surface area contributed by atoms with Crippen LogP contribution in [0.5, 0.6) is 0 Å². The summed E-state index contributed by atoms with van der Waals surface area (Å²) in [6.45, 7) is 7.76. The maximum Gasteiger partial charge on any atom is 0.416 e. The van der Waals surface area contributed by atoms with Crippen LogP contribution in [0.25, 0.3) is 0 Å². The molecule has 35 heavy (non-hydrogen) atoms. The maximum absolute atomic E-state index is 13.1. The third-order valence-corrected chi connectivity index (χ3v) is 6.26. The Hall–Kier alpha value is -2.87. The van der Waals surface area contributed by atoms with Gasteiger partial charge in [0.25, 0.3) is 5.91 Å². The first-order chi connectivity index (χ1) is 16.6. The molecule has 0 spiro atoms. The zero-order chi connectivity index (χ0) is 25.6. The number of hydrogen-bond acceptors (Lipinski definition) is 3. The van der Waals surface area contributed by atoms with Gasteiger partial charge in [-0.15, -0.1) is 0 Å². The number of ether oxygens (including phenoxy) is 1. The smallest absolute Gasteiger partial charge is 0.375 e. The van der Waals surface area contributed by atoms with Gasteiger partial charge in [-0.25, -0.2) is 0 Å². The van der Waals surface area contributed by atoms with Gasteiger partial charge in [-0.3, -0.25) is 9.59 Å². The minimum atomic E-state index is -4.52. The Morgan fingerprint density at radius 2 is 1.80 bits per heavy atom. The summed E-state index contributed by atoms with van der Waals surface area (Å²) in [6.07, 6.45) is -3.65. The number of carbonyl (C=O) groups is 2. The molecule has 2 aromatic rings. The van der Waals surface area contributed by atoms with Gasteiger partial charge in [0.15, 0.2) is 0 Å². The standard InChI is InChI=1S/C27H33F3N2O3/c1-19(2)15-24(18-35-17-22-8-5-4-7-20(22)3)32-14-13-31(12-11-25(32)33)26(34)21-9-6-10-23(16-21)27(28,29)30/h4-10,16,19,24H,11-15,17-18H2,1-3H3/t24-/m0/s1. The number of nitrogens with zero attached hydrogens (tertiary/aromatic N) is 2. The van der Waals surface area contributed by atoms with E-state index in [1.807, 2.05) is 31.2 Å². The molecule has 190 valence electrons. The minimum absolute atomic E-state index is 0.0268. The predicted molar refractivity (Wildman–Crippen MR) is 128 cm³/mol. The lowest BCUT2D eigenvalue weighted by molar-refractivity contribution is -0.137. The van der Waals surface area contributed by atoms with Crippen molar-refractivity contribution in [1.29, 1.82) is 0 Å². The van der Waals surface area contributed by atoms with Crippen LogP contribution in [0.1, 0.15) is 53.7 Å². The molecule has 1 heterocycles. The van der Waals surface area contributed by atoms with Crippen LogP contribution >= 0.6 is 0 Å². The number of rotatable bonds is 8. The topological polar surface area (TPSA) is 49.9 Å². The lowest BCUT2D eigenvalue weighted by Gasteiger charge is -2.32. The Balaban J connectivity index is 1.67. The lowest BCUT2D eigenvalue weighted by Crippen LogP contribution is -2.45. The van der Waals surface area contributed by atoms with Gasteiger partial charge in [-0.05, 0) is 48.6 Å². The average molecular weight is 491 g/mol. The highest BCUT2D eigenvalue weighted by Gasteiger charge is 2.33. The second-order valence-corrected chi connectivity index (χ2v) is 9.43. The summed E-state index contributed by atoms with van der Waals surface area (Å²) in [5.74, 6) is -0.239. The molecule has 2 aromatic carbocycles. The third kappa shape index (κ3) is 7.31. The fraction of sp³-hybridized carbons (Fsp3) is 0.481. The van der Waals surface area contributed by atoms with Gasteiger partial charge < -0.3 is 14.5 Å². The lowest BCUT2D eigenvalue weighted by atomic mass is 10.0. The van der Waals surface area contributed by atoms with Crippen LogP contribution in [0.4, 0.5) is 13.2 Å². The van der Waals surface area contributed by atoms with E-state index in [2.05, 4.69) is 13.8 Å². The molecule has 1 saturated heterocycles. The number of amides is 2. The molecule has 2 amide bonds. The Labute approximate surface area is 204 Å². The zero-order valence-electron chi connectivity index (χ0n) is 20.5. The fourth-order valence-corrected chi connectivity index (χ4v) is 4.35. The molecule has 0 aliphatic carbocycles. The van der Waals surface area contributed by atoms with Crippen molar-refractivity contribution in [3.8, 4) is 0 Å². The SMILES string of the molecule is Cc1ccccc1COC[C@H](CC(C)C)N1CCN(C(=O)c2cccc(C(F)(F)F)c2)CCC1=O. The van der Waals surface area contributed by atoms with Gasteiger partial charge in [0, 0.05) is 31.6 Å². The molecule has 1 aliphatic rings. The molecule has 3 rings (SSSR count). The Morgan fingerprint density at radius 1 is 1.06 bits per heavy atom. The van der Waals surface area contributed by atoms with E-state index < -0.39 is 17.6 Å². The van der Waals surface area contributed by atoms with E-state index >= 15 is 0 Å². The summed E-state index contributed by atoms with van der Waals surface area (Å²) >= 11 is 0. The van der Waals surface area contributed by atoms with Gasteiger partial charge in [0.05, 0.1) is 24.8 Å². The van der Waals surface area contributed by atoms with Crippen LogP contribution in [-0.4, -0.2) is 53.9 Å². The van der Waals surface area contributed by atoms with E-state index in [0.717, 1.165) is 29.7 Å². The predicted octanol–water partition coefficient (Wildman–Crippen LogP) is 5.32. The summed E-state index contributed by atoms with van der Waals surface area (Å²) < 4.78 is 45.2. The number of carbonyl (C=O) groups excluding carboxylic acids is 2. The van der Waals surface area contributed by atoms with E-state index in [0.29, 0.717) is 25.7 Å². The van der Waals surface area contributed by atoms with Crippen molar-refractivity contribution >= 4 is 11.8 Å². The van der Waals surface area contributed by atoms with E-state index in [1.54, 1.807) is 4.90 Å². The maximum atomic E-state index is 13.1. The van der Waals surface area contributed by atoms with E-state index in [4.69, 9.17) is 4.74 Å². The van der Waals surface area contributed by atoms with E-state index in [9.17, 15) is 22.8 Å². The Kier molecular flexibility index (Phi) is 8.94. The molecule has 0 bridgehead atoms. The number of aryl methyl sites for hydroxylation is 1. The first-order valence-electron chi connectivity index (χ1n) is 11.9. The fourth-order valence-electron chi connectivity index (χ4n) is 4.35. The Morgan fingerprint density at radius 3 is 2.49 bits per heavy atom. The molecule has 0 unspecified atom stereocenters. The van der Waals surface area contributed by atoms with Crippen LogP contribution in [0.15, 0.2) is 48.5 Å². The van der Waals surface area contributed by atoms with Gasteiger partial charge in [0.2, 0.25) is 5.91 Å². The van der Waals surface area contributed by atoms with Crippen LogP contribution < -0.4 is 0 Å². The van der Waals surface area contributed by atoms with Crippen molar-refractivity contribution < 1.29 is 27.5 Å². The van der Waals surface area contributed by atoms with Crippen LogP contribution in [0.3, 0.4) is 0 Å². The Bertz CT molecular complexity index is 1020. The van der Waals surface area contributed by atoms with Crippen LogP contribution in [0, 0.1) is 12.8 Å². The van der Waals surface area contributed by atoms with Gasteiger partial charge in [-0.2, -0.15) is 13.2 Å². The second-order valence-electron chi connectivity index (χ2n) is 9.43. The molecule has 1 fully saturated rings. The highest BCUT2D eigenvalue weighted by atomic mass is 19.4. The molecule has 8 heteroatoms. The summed E-state index contributed by atoms with van der Waals surface area (Å²) in [6, 6.07) is 12.3. The summed E-state index contributed by atoms with van der Waals surface area (Å²) in [5.41, 5.74) is 1.35. The summed E-state index contributed by atoms with van der Waals surface area (Å²) in [5, 5.41) is 0. The van der Waals surface area contributed by atoms with Crippen molar-refractivity contribution in [1.82, 2.24) is 9.80 Å². The summed E-state index contributed by atoms with van der Waals surface area (Å²) in [4.78, 5) is 29.2. The molecule has 0 aromatic heterocycles. The zero-order valence-corrected chi connectivity index (χ0v) is 20.5. The highest BCUT2D eigenvalue weighted by Crippen LogP contribution is 2.30. The van der Waals surface area contributed by atoms with Crippen LogP contribution in [-0.2, 0) is 22.3 Å². The van der Waals surface area contributed by atoms with Crippen molar-refractivity contribution in [2.75, 3.05) is 26.2 Å². The van der Waals surface area contributed by atoms with E-state index in [-0.39, 0.29) is 37.0 Å². The summed E-state index contributed by atoms with van der Waals surface area (Å²) in [7, 11) is 0. The van der Waals surface area contributed by atoms with Gasteiger partial charge in [-0.1, -0.05) is 44.2 Å². The van der Waals surface area contributed by atoms with E-state index in [1.165, 1.54) is 17.0 Å². The molecule has 1 aliphatic heterocycles. The monoisotopic (exact) mass is 490 g/mol. The quantitative estimate of drug-likeness (QED) is 0.503. The second kappa shape index (κ2) is 11.7. The normalized spacial score (nSPS) is 15.9. The van der Waals surface area contributed by atoms with Crippen molar-refractivity contribution in [2.24, 2.45) is 5.92 Å². The molecular weight excluding hydrogens is 457 g/mol. The highest BCUT2D eigenvalue weighted by molar-refractivity contribution is 5.95. The molecule has 5 nitrogen and oxygen atoms in total. The van der Waals surface area contributed by atoms with Crippen molar-refractivity contribution in [3.05, 3.63) is 70.8 Å². The van der Waals surface area contributed by atoms with Gasteiger partial charge >= 0.3 is 6.18 Å². The first-order valence-corrected chi connectivity index (χ1v) is 11.9. The molecule has 0 radical (unpaired) electrons. The van der Waals surface area contributed by atoms with Gasteiger partial charge in [0.1, 0.15) is 0 Å². The molecule has 0 saturated carbocycles. The first kappa shape index (κ1) is 26.7. The third-order valence-electron chi connectivity index (χ3n) is 6.26. The van der Waals surface area contributed by atoms with Crippen molar-refractivity contribution in [3.63, 3.8) is 0 Å². The number of halogens is 3. The molecular formula is C27H33F3N2O3. The minimum Gasteiger partial charge on any atom is -0.375 e.